The highest BCUT2D eigenvalue weighted by Gasteiger charge is 2.30. The summed E-state index contributed by atoms with van der Waals surface area (Å²) < 4.78 is 43.6. The van der Waals surface area contributed by atoms with E-state index in [9.17, 15) is 27.6 Å². The number of alkyl halides is 3. The summed E-state index contributed by atoms with van der Waals surface area (Å²) in [5, 5.41) is 8.40. The predicted molar refractivity (Wildman–Crippen MR) is 123 cm³/mol. The largest absolute Gasteiger partial charge is 0.484 e. The molecule has 3 N–H and O–H groups in total. The number of benzene rings is 3. The lowest BCUT2D eigenvalue weighted by Gasteiger charge is -2.09. The Morgan fingerprint density at radius 2 is 1.51 bits per heavy atom. The van der Waals surface area contributed by atoms with E-state index in [1.807, 2.05) is 11.5 Å². The summed E-state index contributed by atoms with van der Waals surface area (Å²) in [4.78, 5) is 35.6. The molecule has 35 heavy (non-hydrogen) atoms. The number of carbonyl (C=O) groups is 3. The van der Waals surface area contributed by atoms with Crippen molar-refractivity contribution in [3.8, 4) is 5.75 Å². The zero-order valence-corrected chi connectivity index (χ0v) is 18.0. The van der Waals surface area contributed by atoms with Crippen LogP contribution in [0, 0.1) is 0 Å². The van der Waals surface area contributed by atoms with Crippen LogP contribution in [0.2, 0.25) is 0 Å². The van der Waals surface area contributed by atoms with Gasteiger partial charge < -0.3 is 15.4 Å². The quantitative estimate of drug-likeness (QED) is 0.269. The van der Waals surface area contributed by atoms with Crippen molar-refractivity contribution in [3.63, 3.8) is 0 Å². The summed E-state index contributed by atoms with van der Waals surface area (Å²) in [6, 6.07) is 19.2. The fourth-order valence-corrected chi connectivity index (χ4v) is 2.69. The molecule has 8 nitrogen and oxygen atoms in total. The number of nitrogens with zero attached hydrogens (tertiary/aromatic N) is 1. The molecule has 0 aromatic heterocycles. The van der Waals surface area contributed by atoms with Gasteiger partial charge >= 0.3 is 18.0 Å². The number of hydrazone groups is 1. The second-order valence-corrected chi connectivity index (χ2v) is 7.00. The molecule has 0 unspecified atom stereocenters. The molecule has 0 aliphatic heterocycles. The minimum Gasteiger partial charge on any atom is -0.484 e. The highest BCUT2D eigenvalue weighted by atomic mass is 19.4. The van der Waals surface area contributed by atoms with E-state index in [-0.39, 0.29) is 18.2 Å². The van der Waals surface area contributed by atoms with Gasteiger partial charge in [-0.05, 0) is 60.2 Å². The molecule has 3 aromatic rings. The second-order valence-electron chi connectivity index (χ2n) is 7.00. The van der Waals surface area contributed by atoms with E-state index < -0.39 is 23.6 Å². The van der Waals surface area contributed by atoms with Crippen molar-refractivity contribution < 1.29 is 32.3 Å². The van der Waals surface area contributed by atoms with Gasteiger partial charge in [-0.15, -0.1) is 0 Å². The van der Waals surface area contributed by atoms with E-state index in [1.165, 1.54) is 12.3 Å². The summed E-state index contributed by atoms with van der Waals surface area (Å²) in [5.41, 5.74) is 2.04. The van der Waals surface area contributed by atoms with Gasteiger partial charge in [0.25, 0.3) is 5.91 Å². The van der Waals surface area contributed by atoms with Crippen LogP contribution >= 0.6 is 0 Å². The Balaban J connectivity index is 1.45. The maximum Gasteiger partial charge on any atom is 0.416 e. The molecule has 3 aromatic carbocycles. The molecule has 0 bridgehead atoms. The Morgan fingerprint density at radius 1 is 0.829 bits per heavy atom. The van der Waals surface area contributed by atoms with E-state index in [2.05, 4.69) is 15.7 Å². The number of halogens is 3. The second kappa shape index (κ2) is 11.5. The number of hydrogen-bond acceptors (Lipinski definition) is 5. The van der Waals surface area contributed by atoms with E-state index in [0.29, 0.717) is 23.1 Å². The van der Waals surface area contributed by atoms with Crippen molar-refractivity contribution in [2.45, 2.75) is 6.18 Å². The Labute approximate surface area is 197 Å². The third-order valence-corrected chi connectivity index (χ3v) is 4.34. The smallest absolute Gasteiger partial charge is 0.416 e. The summed E-state index contributed by atoms with van der Waals surface area (Å²) in [5.74, 6) is -2.25. The molecule has 11 heteroatoms. The highest BCUT2D eigenvalue weighted by molar-refractivity contribution is 6.39. The van der Waals surface area contributed by atoms with Gasteiger partial charge in [0.15, 0.2) is 6.61 Å². The number of rotatable bonds is 7. The van der Waals surface area contributed by atoms with Gasteiger partial charge in [0.05, 0.1) is 11.8 Å². The van der Waals surface area contributed by atoms with Crippen LogP contribution in [-0.4, -0.2) is 30.5 Å². The van der Waals surface area contributed by atoms with Gasteiger partial charge in [0, 0.05) is 11.4 Å². The molecular weight excluding hydrogens is 465 g/mol. The Kier molecular flexibility index (Phi) is 8.17. The SMILES string of the molecule is O=C(COc1ccc(/C=N/NC(=O)C(=O)Nc2cccc(C(F)(F)F)c2)cc1)Nc1ccccc1. The molecule has 0 atom stereocenters. The van der Waals surface area contributed by atoms with Gasteiger partial charge in [-0.1, -0.05) is 24.3 Å². The fraction of sp³-hybridized carbons (Fsp3) is 0.0833. The van der Waals surface area contributed by atoms with Crippen LogP contribution in [0.25, 0.3) is 0 Å². The maximum absolute atomic E-state index is 12.7. The first-order valence-corrected chi connectivity index (χ1v) is 10.1. The molecule has 0 saturated carbocycles. The molecule has 0 spiro atoms. The first-order valence-electron chi connectivity index (χ1n) is 10.1. The molecule has 0 saturated heterocycles. The molecular formula is C24H19F3N4O4. The number of carbonyl (C=O) groups excluding carboxylic acids is 3. The topological polar surface area (TPSA) is 109 Å². The minimum absolute atomic E-state index is 0.183. The minimum atomic E-state index is -4.58. The van der Waals surface area contributed by atoms with Crippen LogP contribution < -0.4 is 20.8 Å². The van der Waals surface area contributed by atoms with Crippen molar-refractivity contribution in [2.75, 3.05) is 17.2 Å². The van der Waals surface area contributed by atoms with Gasteiger partial charge in [-0.3, -0.25) is 14.4 Å². The first kappa shape index (κ1) is 25.0. The number of para-hydroxylation sites is 1. The van der Waals surface area contributed by atoms with Gasteiger partial charge in [-0.2, -0.15) is 18.3 Å². The number of amides is 3. The zero-order valence-electron chi connectivity index (χ0n) is 18.0. The van der Waals surface area contributed by atoms with Crippen molar-refractivity contribution >= 4 is 35.3 Å². The molecule has 3 amide bonds. The number of anilines is 2. The lowest BCUT2D eigenvalue weighted by Crippen LogP contribution is -2.32. The van der Waals surface area contributed by atoms with E-state index >= 15 is 0 Å². The predicted octanol–water partition coefficient (Wildman–Crippen LogP) is 3.81. The third kappa shape index (κ3) is 8.00. The van der Waals surface area contributed by atoms with Gasteiger partial charge in [0.1, 0.15) is 5.75 Å². The van der Waals surface area contributed by atoms with E-state index in [4.69, 9.17) is 4.74 Å². The van der Waals surface area contributed by atoms with Crippen molar-refractivity contribution in [2.24, 2.45) is 5.10 Å². The third-order valence-electron chi connectivity index (χ3n) is 4.34. The molecule has 180 valence electrons. The van der Waals surface area contributed by atoms with Crippen LogP contribution in [0.3, 0.4) is 0 Å². The van der Waals surface area contributed by atoms with Crippen LogP contribution in [0.5, 0.6) is 5.75 Å². The van der Waals surface area contributed by atoms with Crippen molar-refractivity contribution in [3.05, 3.63) is 90.0 Å². The first-order chi connectivity index (χ1) is 16.7. The zero-order chi connectivity index (χ0) is 25.3. The Bertz CT molecular complexity index is 1210. The standard InChI is InChI=1S/C24H19F3N4O4/c25-24(26,27)17-5-4-8-19(13-17)30-22(33)23(34)31-28-14-16-9-11-20(12-10-16)35-15-21(32)29-18-6-2-1-3-7-18/h1-14H,15H2,(H,29,32)(H,30,33)(H,31,34)/b28-14+. The van der Waals surface area contributed by atoms with Gasteiger partial charge in [0.2, 0.25) is 0 Å². The summed E-state index contributed by atoms with van der Waals surface area (Å²) in [7, 11) is 0. The Morgan fingerprint density at radius 3 is 2.20 bits per heavy atom. The lowest BCUT2D eigenvalue weighted by molar-refractivity contribution is -0.137. The fourth-order valence-electron chi connectivity index (χ4n) is 2.69. The molecule has 0 radical (unpaired) electrons. The van der Waals surface area contributed by atoms with Crippen molar-refractivity contribution in [1.29, 1.82) is 0 Å². The number of hydrogen-bond donors (Lipinski definition) is 3. The van der Waals surface area contributed by atoms with Crippen LogP contribution in [0.1, 0.15) is 11.1 Å². The van der Waals surface area contributed by atoms with E-state index in [1.54, 1.807) is 48.5 Å². The normalized spacial score (nSPS) is 11.1. The molecule has 0 aliphatic carbocycles. The van der Waals surface area contributed by atoms with E-state index in [0.717, 1.165) is 12.1 Å². The van der Waals surface area contributed by atoms with Crippen LogP contribution in [0.4, 0.5) is 24.5 Å². The van der Waals surface area contributed by atoms with Crippen LogP contribution in [0.15, 0.2) is 84.0 Å². The maximum atomic E-state index is 12.7. The van der Waals surface area contributed by atoms with Gasteiger partial charge in [-0.25, -0.2) is 5.43 Å². The average Bonchev–Trinajstić information content (AvgIpc) is 2.84. The lowest BCUT2D eigenvalue weighted by atomic mass is 10.2. The van der Waals surface area contributed by atoms with Crippen LogP contribution in [-0.2, 0) is 20.6 Å². The summed E-state index contributed by atoms with van der Waals surface area (Å²) >= 11 is 0. The summed E-state index contributed by atoms with van der Waals surface area (Å²) in [6.45, 7) is -0.195. The molecule has 3 rings (SSSR count). The monoisotopic (exact) mass is 484 g/mol. The highest BCUT2D eigenvalue weighted by Crippen LogP contribution is 2.30. The molecule has 0 heterocycles. The average molecular weight is 484 g/mol. The molecule has 0 aliphatic rings. The molecule has 0 fully saturated rings. The number of ether oxygens (including phenoxy) is 1. The van der Waals surface area contributed by atoms with Crippen molar-refractivity contribution in [1.82, 2.24) is 5.43 Å². The summed E-state index contributed by atoms with van der Waals surface area (Å²) in [6.07, 6.45) is -3.33. The Hall–Kier alpha value is -4.67. The number of nitrogens with one attached hydrogen (secondary N) is 3.